The first-order chi connectivity index (χ1) is 13.8. The molecule has 1 aliphatic heterocycles. The van der Waals surface area contributed by atoms with E-state index in [0.29, 0.717) is 18.0 Å². The van der Waals surface area contributed by atoms with Crippen LogP contribution >= 0.6 is 11.6 Å². The van der Waals surface area contributed by atoms with Crippen LogP contribution in [0.15, 0.2) is 30.3 Å². The molecular formula is C22H25ClN4O2. The van der Waals surface area contributed by atoms with Crippen molar-refractivity contribution in [2.75, 3.05) is 18.0 Å². The van der Waals surface area contributed by atoms with Gasteiger partial charge in [-0.15, -0.1) is 0 Å². The summed E-state index contributed by atoms with van der Waals surface area (Å²) in [6.45, 7) is 7.22. The highest BCUT2D eigenvalue weighted by molar-refractivity contribution is 6.30. The summed E-state index contributed by atoms with van der Waals surface area (Å²) >= 11 is 6.02. The third-order valence-corrected chi connectivity index (χ3v) is 6.14. The maximum Gasteiger partial charge on any atom is 0.311 e. The molecule has 4 rings (SSSR count). The van der Waals surface area contributed by atoms with E-state index >= 15 is 0 Å². The lowest BCUT2D eigenvalue weighted by molar-refractivity contribution is -0.148. The molecule has 7 heteroatoms. The van der Waals surface area contributed by atoms with Crippen LogP contribution in [-0.4, -0.2) is 38.8 Å². The highest BCUT2D eigenvalue weighted by atomic mass is 35.5. The van der Waals surface area contributed by atoms with E-state index in [1.807, 2.05) is 48.7 Å². The summed E-state index contributed by atoms with van der Waals surface area (Å²) in [5, 5.41) is 15.3. The Balaban J connectivity index is 1.87. The van der Waals surface area contributed by atoms with Gasteiger partial charge in [0.1, 0.15) is 5.82 Å². The van der Waals surface area contributed by atoms with Gasteiger partial charge in [0.25, 0.3) is 0 Å². The first-order valence-corrected chi connectivity index (χ1v) is 10.3. The molecule has 1 atom stereocenters. The molecule has 1 unspecified atom stereocenters. The molecule has 152 valence electrons. The Morgan fingerprint density at radius 2 is 2.03 bits per heavy atom. The van der Waals surface area contributed by atoms with Gasteiger partial charge >= 0.3 is 5.97 Å². The minimum atomic E-state index is -0.765. The maximum atomic E-state index is 11.9. The third-order valence-electron chi connectivity index (χ3n) is 5.89. The lowest BCUT2D eigenvalue weighted by Crippen LogP contribution is -2.47. The number of anilines is 1. The van der Waals surface area contributed by atoms with Crippen molar-refractivity contribution >= 4 is 29.0 Å². The molecule has 0 aliphatic carbocycles. The SMILES string of the molecule is CCc1c(C)nc2cc(-c3ccc(Cl)cc3)nn2c1N1CCCC(C)(C(=O)O)C1. The highest BCUT2D eigenvalue weighted by Gasteiger charge is 2.39. The number of hydrogen-bond donors (Lipinski definition) is 1. The van der Waals surface area contributed by atoms with Crippen LogP contribution in [0.3, 0.4) is 0 Å². The molecule has 0 bridgehead atoms. The van der Waals surface area contributed by atoms with Crippen molar-refractivity contribution in [1.82, 2.24) is 14.6 Å². The molecule has 1 aromatic carbocycles. The Bertz CT molecular complexity index is 1080. The van der Waals surface area contributed by atoms with Crippen molar-refractivity contribution in [3.63, 3.8) is 0 Å². The number of nitrogens with zero attached hydrogens (tertiary/aromatic N) is 4. The van der Waals surface area contributed by atoms with Gasteiger partial charge in [-0.25, -0.2) is 4.98 Å². The predicted molar refractivity (Wildman–Crippen MR) is 115 cm³/mol. The van der Waals surface area contributed by atoms with Crippen LogP contribution in [0.2, 0.25) is 5.02 Å². The van der Waals surface area contributed by atoms with Crippen molar-refractivity contribution in [2.24, 2.45) is 5.41 Å². The summed E-state index contributed by atoms with van der Waals surface area (Å²) in [6.07, 6.45) is 2.32. The summed E-state index contributed by atoms with van der Waals surface area (Å²) in [4.78, 5) is 18.8. The van der Waals surface area contributed by atoms with Crippen LogP contribution in [0.1, 0.15) is 37.9 Å². The van der Waals surface area contributed by atoms with Gasteiger partial charge in [0.15, 0.2) is 5.65 Å². The summed E-state index contributed by atoms with van der Waals surface area (Å²) in [5.74, 6) is 0.215. The van der Waals surface area contributed by atoms with E-state index in [0.717, 1.165) is 53.4 Å². The number of fused-ring (bicyclic) bond motifs is 1. The topological polar surface area (TPSA) is 70.7 Å². The van der Waals surface area contributed by atoms with Gasteiger partial charge in [-0.1, -0.05) is 30.7 Å². The molecule has 0 saturated carbocycles. The number of carboxylic acids is 1. The largest absolute Gasteiger partial charge is 0.481 e. The van der Waals surface area contributed by atoms with E-state index in [2.05, 4.69) is 11.8 Å². The monoisotopic (exact) mass is 412 g/mol. The van der Waals surface area contributed by atoms with Crippen LogP contribution < -0.4 is 4.90 Å². The van der Waals surface area contributed by atoms with Gasteiger partial charge in [-0.3, -0.25) is 4.79 Å². The number of aliphatic carboxylic acids is 1. The molecule has 3 heterocycles. The molecule has 0 spiro atoms. The molecule has 3 aromatic rings. The molecular weight excluding hydrogens is 388 g/mol. The van der Waals surface area contributed by atoms with E-state index in [1.54, 1.807) is 0 Å². The fourth-order valence-electron chi connectivity index (χ4n) is 4.23. The zero-order valence-corrected chi connectivity index (χ0v) is 17.7. The van der Waals surface area contributed by atoms with Crippen molar-refractivity contribution in [2.45, 2.75) is 40.0 Å². The maximum absolute atomic E-state index is 11.9. The fraction of sp³-hybridized carbons (Fsp3) is 0.409. The highest BCUT2D eigenvalue weighted by Crippen LogP contribution is 2.35. The molecule has 1 fully saturated rings. The number of rotatable bonds is 4. The second-order valence-electron chi connectivity index (χ2n) is 8.05. The van der Waals surface area contributed by atoms with E-state index < -0.39 is 11.4 Å². The van der Waals surface area contributed by atoms with Crippen molar-refractivity contribution in [3.05, 3.63) is 46.6 Å². The quantitative estimate of drug-likeness (QED) is 0.677. The zero-order chi connectivity index (χ0) is 20.8. The Morgan fingerprint density at radius 3 is 2.69 bits per heavy atom. The first kappa shape index (κ1) is 19.7. The van der Waals surface area contributed by atoms with E-state index in [4.69, 9.17) is 21.7 Å². The summed E-state index contributed by atoms with van der Waals surface area (Å²) < 4.78 is 1.88. The second kappa shape index (κ2) is 7.34. The Kier molecular flexibility index (Phi) is 4.99. The van der Waals surface area contributed by atoms with E-state index in [1.165, 1.54) is 0 Å². The molecule has 6 nitrogen and oxygen atoms in total. The number of aromatic nitrogens is 3. The minimum Gasteiger partial charge on any atom is -0.481 e. The van der Waals surface area contributed by atoms with Crippen LogP contribution in [0.5, 0.6) is 0 Å². The second-order valence-corrected chi connectivity index (χ2v) is 8.49. The van der Waals surface area contributed by atoms with Crippen LogP contribution in [0.25, 0.3) is 16.9 Å². The molecule has 0 radical (unpaired) electrons. The van der Waals surface area contributed by atoms with Gasteiger partial charge in [-0.2, -0.15) is 9.61 Å². The van der Waals surface area contributed by atoms with Gasteiger partial charge in [-0.05, 0) is 45.2 Å². The third kappa shape index (κ3) is 3.46. The first-order valence-electron chi connectivity index (χ1n) is 9.96. The van der Waals surface area contributed by atoms with Crippen LogP contribution in [0.4, 0.5) is 5.82 Å². The van der Waals surface area contributed by atoms with Crippen LogP contribution in [-0.2, 0) is 11.2 Å². The summed E-state index contributed by atoms with van der Waals surface area (Å²) in [6, 6.07) is 9.56. The smallest absolute Gasteiger partial charge is 0.311 e. The number of halogens is 1. The number of hydrogen-bond acceptors (Lipinski definition) is 4. The predicted octanol–water partition coefficient (Wildman–Crippen LogP) is 4.61. The standard InChI is InChI=1S/C22H25ClN4O2/c1-4-17-14(2)24-19-12-18(15-6-8-16(23)9-7-15)25-27(19)20(17)26-11-5-10-22(3,13-26)21(28)29/h6-9,12H,4-5,10-11,13H2,1-3H3,(H,28,29). The van der Waals surface area contributed by atoms with Gasteiger partial charge in [0, 0.05) is 41.0 Å². The van der Waals surface area contributed by atoms with E-state index in [9.17, 15) is 9.90 Å². The fourth-order valence-corrected chi connectivity index (χ4v) is 4.36. The molecule has 2 aromatic heterocycles. The number of piperidine rings is 1. The average molecular weight is 413 g/mol. The molecule has 29 heavy (non-hydrogen) atoms. The minimum absolute atomic E-state index is 0.462. The number of carbonyl (C=O) groups is 1. The number of aryl methyl sites for hydroxylation is 1. The molecule has 1 N–H and O–H groups in total. The lowest BCUT2D eigenvalue weighted by atomic mass is 9.82. The lowest BCUT2D eigenvalue weighted by Gasteiger charge is -2.39. The summed E-state index contributed by atoms with van der Waals surface area (Å²) in [7, 11) is 0. The number of benzene rings is 1. The molecule has 0 amide bonds. The van der Waals surface area contributed by atoms with Crippen molar-refractivity contribution in [1.29, 1.82) is 0 Å². The van der Waals surface area contributed by atoms with Crippen molar-refractivity contribution in [3.8, 4) is 11.3 Å². The summed E-state index contributed by atoms with van der Waals surface area (Å²) in [5.41, 5.74) is 3.86. The van der Waals surface area contributed by atoms with Gasteiger partial charge < -0.3 is 10.0 Å². The Morgan fingerprint density at radius 1 is 1.31 bits per heavy atom. The Hall–Kier alpha value is -2.60. The normalized spacial score (nSPS) is 19.7. The number of carboxylic acid groups (broad SMARTS) is 1. The van der Waals surface area contributed by atoms with Crippen molar-refractivity contribution < 1.29 is 9.90 Å². The molecule has 1 aliphatic rings. The zero-order valence-electron chi connectivity index (χ0n) is 16.9. The van der Waals surface area contributed by atoms with E-state index in [-0.39, 0.29) is 0 Å². The average Bonchev–Trinajstić information content (AvgIpc) is 3.10. The van der Waals surface area contributed by atoms with Gasteiger partial charge in [0.2, 0.25) is 0 Å². The van der Waals surface area contributed by atoms with Gasteiger partial charge in [0.05, 0.1) is 11.1 Å². The Labute approximate surface area is 175 Å². The van der Waals surface area contributed by atoms with Crippen LogP contribution in [0, 0.1) is 12.3 Å². The molecule has 1 saturated heterocycles.